The fourth-order valence-electron chi connectivity index (χ4n) is 3.65. The van der Waals surface area contributed by atoms with Gasteiger partial charge in [-0.1, -0.05) is 55.1 Å². The Kier molecular flexibility index (Phi) is 4.40. The number of hydrogen-bond donors (Lipinski definition) is 2. The van der Waals surface area contributed by atoms with E-state index in [1.165, 1.54) is 0 Å². The van der Waals surface area contributed by atoms with Crippen LogP contribution in [0.5, 0.6) is 0 Å². The number of hydrogen-bond acceptors (Lipinski definition) is 5. The predicted octanol–water partition coefficient (Wildman–Crippen LogP) is 4.32. The van der Waals surface area contributed by atoms with Gasteiger partial charge in [0.15, 0.2) is 5.82 Å². The number of anilines is 2. The topological polar surface area (TPSA) is 85.0 Å². The minimum absolute atomic E-state index is 0.206. The number of rotatable bonds is 4. The molecule has 1 amide bonds. The molecule has 0 aliphatic carbocycles. The van der Waals surface area contributed by atoms with Crippen LogP contribution in [0.3, 0.4) is 0 Å². The number of amides is 1. The van der Waals surface area contributed by atoms with Crippen molar-refractivity contribution in [3.8, 4) is 11.4 Å². The molecule has 30 heavy (non-hydrogen) atoms. The lowest BCUT2D eigenvalue weighted by Gasteiger charge is -2.32. The van der Waals surface area contributed by atoms with E-state index in [0.29, 0.717) is 28.9 Å². The molecule has 0 saturated carbocycles. The third kappa shape index (κ3) is 3.16. The normalized spacial score (nSPS) is 17.8. The van der Waals surface area contributed by atoms with E-state index < -0.39 is 12.0 Å². The third-order valence-electron chi connectivity index (χ3n) is 5.05. The summed E-state index contributed by atoms with van der Waals surface area (Å²) < 4.78 is 7.39. The van der Waals surface area contributed by atoms with Gasteiger partial charge in [0.05, 0.1) is 6.26 Å². The highest BCUT2D eigenvalue weighted by Gasteiger charge is 2.41. The van der Waals surface area contributed by atoms with Crippen LogP contribution in [0.15, 0.2) is 95.8 Å². The number of para-hydroxylation sites is 1. The summed E-state index contributed by atoms with van der Waals surface area (Å²) in [7, 11) is 0. The van der Waals surface area contributed by atoms with Gasteiger partial charge in [-0.2, -0.15) is 4.98 Å². The van der Waals surface area contributed by atoms with Crippen molar-refractivity contribution in [3.63, 3.8) is 0 Å². The molecular formula is C23H19N5O2. The number of nitrogens with zero attached hydrogens (tertiary/aromatic N) is 3. The highest BCUT2D eigenvalue weighted by molar-refractivity contribution is 5.95. The molecule has 0 spiro atoms. The monoisotopic (exact) mass is 397 g/mol. The van der Waals surface area contributed by atoms with E-state index in [2.05, 4.69) is 22.2 Å². The summed E-state index contributed by atoms with van der Waals surface area (Å²) in [5.41, 5.74) is 2.13. The molecular weight excluding hydrogens is 378 g/mol. The van der Waals surface area contributed by atoms with E-state index >= 15 is 0 Å². The third-order valence-corrected chi connectivity index (χ3v) is 5.05. The molecule has 7 heteroatoms. The van der Waals surface area contributed by atoms with E-state index in [1.807, 2.05) is 66.7 Å². The number of benzene rings is 2. The summed E-state index contributed by atoms with van der Waals surface area (Å²) in [6, 6.07) is 22.1. The molecule has 3 heterocycles. The molecule has 7 nitrogen and oxygen atoms in total. The number of carbonyl (C=O) groups excluding carboxylic acids is 1. The molecule has 2 N–H and O–H groups in total. The molecule has 2 aromatic heterocycles. The zero-order chi connectivity index (χ0) is 20.5. The van der Waals surface area contributed by atoms with E-state index in [0.717, 1.165) is 5.56 Å². The second-order valence-electron chi connectivity index (χ2n) is 7.01. The standard InChI is InChI=1S/C23H19N5O2/c1-15-19(22(29)25-17-11-6-3-7-12-17)20(18-13-8-14-30-18)28-23(24-15)26-21(27-28)16-9-4-2-5-10-16/h2-14,19-20H,1H2,(H,25,29)(H,24,26,27)/t19-,20-/m0/s1. The zero-order valence-electron chi connectivity index (χ0n) is 16.0. The molecule has 0 unspecified atom stereocenters. The first-order valence-corrected chi connectivity index (χ1v) is 9.58. The maximum absolute atomic E-state index is 13.3. The first-order valence-electron chi connectivity index (χ1n) is 9.58. The fraction of sp³-hybridized carbons (Fsp3) is 0.0870. The minimum Gasteiger partial charge on any atom is -0.467 e. The Morgan fingerprint density at radius 3 is 2.47 bits per heavy atom. The van der Waals surface area contributed by atoms with Gasteiger partial charge in [0.1, 0.15) is 17.7 Å². The largest absolute Gasteiger partial charge is 0.467 e. The Morgan fingerprint density at radius 1 is 1.03 bits per heavy atom. The van der Waals surface area contributed by atoms with Crippen molar-refractivity contribution < 1.29 is 9.21 Å². The molecule has 5 rings (SSSR count). The van der Waals surface area contributed by atoms with E-state index in [9.17, 15) is 4.79 Å². The van der Waals surface area contributed by atoms with E-state index in [1.54, 1.807) is 17.0 Å². The van der Waals surface area contributed by atoms with Gasteiger partial charge in [-0.15, -0.1) is 5.10 Å². The molecule has 2 aromatic carbocycles. The van der Waals surface area contributed by atoms with Crippen LogP contribution in [-0.4, -0.2) is 20.7 Å². The van der Waals surface area contributed by atoms with Crippen LogP contribution in [0.25, 0.3) is 11.4 Å². The van der Waals surface area contributed by atoms with E-state index in [-0.39, 0.29) is 5.91 Å². The van der Waals surface area contributed by atoms with Crippen LogP contribution in [0.2, 0.25) is 0 Å². The molecule has 2 atom stereocenters. The highest BCUT2D eigenvalue weighted by Crippen LogP contribution is 2.39. The van der Waals surface area contributed by atoms with Gasteiger partial charge in [-0.05, 0) is 24.3 Å². The van der Waals surface area contributed by atoms with Gasteiger partial charge in [-0.25, -0.2) is 4.68 Å². The van der Waals surface area contributed by atoms with Gasteiger partial charge < -0.3 is 15.1 Å². The summed E-state index contributed by atoms with van der Waals surface area (Å²) in [6.45, 7) is 4.10. The SMILES string of the molecule is C=C1Nc2nc(-c3ccccc3)nn2[C@@H](c2ccco2)[C@H]1C(=O)Nc1ccccc1. The predicted molar refractivity (Wildman–Crippen MR) is 114 cm³/mol. The number of nitrogens with one attached hydrogen (secondary N) is 2. The molecule has 0 radical (unpaired) electrons. The first kappa shape index (κ1) is 17.9. The van der Waals surface area contributed by atoms with Gasteiger partial charge in [0, 0.05) is 16.9 Å². The first-order chi connectivity index (χ1) is 14.7. The van der Waals surface area contributed by atoms with Crippen LogP contribution in [0, 0.1) is 5.92 Å². The van der Waals surface area contributed by atoms with Crippen molar-refractivity contribution in [2.24, 2.45) is 5.92 Å². The molecule has 0 saturated heterocycles. The van der Waals surface area contributed by atoms with Crippen LogP contribution in [0.4, 0.5) is 11.6 Å². The Bertz CT molecular complexity index is 1180. The van der Waals surface area contributed by atoms with Gasteiger partial charge in [0.2, 0.25) is 11.9 Å². The van der Waals surface area contributed by atoms with Crippen molar-refractivity contribution in [1.29, 1.82) is 0 Å². The lowest BCUT2D eigenvalue weighted by Crippen LogP contribution is -2.39. The number of aromatic nitrogens is 3. The average molecular weight is 397 g/mol. The summed E-state index contributed by atoms with van der Waals surface area (Å²) in [6.07, 6.45) is 1.58. The second kappa shape index (κ2) is 7.36. The lowest BCUT2D eigenvalue weighted by molar-refractivity contribution is -0.120. The molecule has 0 fully saturated rings. The molecule has 0 bridgehead atoms. The number of fused-ring (bicyclic) bond motifs is 1. The molecule has 1 aliphatic heterocycles. The van der Waals surface area contributed by atoms with Crippen molar-refractivity contribution in [2.45, 2.75) is 6.04 Å². The molecule has 1 aliphatic rings. The van der Waals surface area contributed by atoms with E-state index in [4.69, 9.17) is 9.52 Å². The van der Waals surface area contributed by atoms with Crippen molar-refractivity contribution in [2.75, 3.05) is 10.6 Å². The minimum atomic E-state index is -0.644. The summed E-state index contributed by atoms with van der Waals surface area (Å²) in [4.78, 5) is 17.9. The van der Waals surface area contributed by atoms with Crippen LogP contribution >= 0.6 is 0 Å². The van der Waals surface area contributed by atoms with Crippen molar-refractivity contribution in [3.05, 3.63) is 97.1 Å². The van der Waals surface area contributed by atoms with Gasteiger partial charge >= 0.3 is 0 Å². The maximum Gasteiger partial charge on any atom is 0.236 e. The lowest BCUT2D eigenvalue weighted by atomic mass is 9.92. The summed E-state index contributed by atoms with van der Waals surface area (Å²) in [5, 5.41) is 10.8. The van der Waals surface area contributed by atoms with Crippen molar-refractivity contribution >= 4 is 17.5 Å². The van der Waals surface area contributed by atoms with Crippen molar-refractivity contribution in [1.82, 2.24) is 14.8 Å². The molecule has 148 valence electrons. The number of carbonyl (C=O) groups is 1. The Morgan fingerprint density at radius 2 is 1.77 bits per heavy atom. The van der Waals surface area contributed by atoms with Gasteiger partial charge in [0.25, 0.3) is 0 Å². The van der Waals surface area contributed by atoms with Crippen LogP contribution < -0.4 is 10.6 Å². The summed E-state index contributed by atoms with van der Waals surface area (Å²) >= 11 is 0. The Balaban J connectivity index is 1.56. The van der Waals surface area contributed by atoms with Crippen LogP contribution in [0.1, 0.15) is 11.8 Å². The molecule has 4 aromatic rings. The fourth-order valence-corrected chi connectivity index (χ4v) is 3.65. The number of furan rings is 1. The zero-order valence-corrected chi connectivity index (χ0v) is 16.0. The average Bonchev–Trinajstić information content (AvgIpc) is 3.44. The second-order valence-corrected chi connectivity index (χ2v) is 7.01. The van der Waals surface area contributed by atoms with Gasteiger partial charge in [-0.3, -0.25) is 4.79 Å². The van der Waals surface area contributed by atoms with Crippen LogP contribution in [-0.2, 0) is 4.79 Å². The quantitative estimate of drug-likeness (QED) is 0.536. The Hall–Kier alpha value is -4.13. The summed E-state index contributed by atoms with van der Waals surface area (Å²) in [5.74, 6) is 0.837. The smallest absolute Gasteiger partial charge is 0.236 e. The maximum atomic E-state index is 13.3. The highest BCUT2D eigenvalue weighted by atomic mass is 16.3. The Labute approximate surface area is 173 Å².